The molecule has 0 saturated carbocycles. The van der Waals surface area contributed by atoms with E-state index in [1.165, 1.54) is 16.8 Å². The number of carbonyl (C=O) groups excluding carboxylic acids is 1. The molecule has 1 aromatic heterocycles. The zero-order chi connectivity index (χ0) is 30.5. The van der Waals surface area contributed by atoms with Crippen molar-refractivity contribution in [2.75, 3.05) is 50.7 Å². The highest BCUT2D eigenvalue weighted by atomic mass is 35.5. The fourth-order valence-corrected chi connectivity index (χ4v) is 6.50. The van der Waals surface area contributed by atoms with Crippen LogP contribution < -0.4 is 10.2 Å². The van der Waals surface area contributed by atoms with E-state index in [2.05, 4.69) is 58.4 Å². The van der Waals surface area contributed by atoms with Crippen molar-refractivity contribution in [2.45, 2.75) is 39.0 Å². The highest BCUT2D eigenvalue weighted by molar-refractivity contribution is 6.30. The van der Waals surface area contributed by atoms with Crippen molar-refractivity contribution in [3.63, 3.8) is 0 Å². The van der Waals surface area contributed by atoms with E-state index in [9.17, 15) is 9.90 Å². The number of hydrogen-bond acceptors (Lipinski definition) is 5. The van der Waals surface area contributed by atoms with E-state index in [1.54, 1.807) is 0 Å². The molecule has 1 unspecified atom stereocenters. The Hall–Kier alpha value is -3.85. The van der Waals surface area contributed by atoms with Gasteiger partial charge in [-0.15, -0.1) is 0 Å². The van der Waals surface area contributed by atoms with E-state index in [-0.39, 0.29) is 6.03 Å². The number of aliphatic hydroxyl groups excluding tert-OH is 1. The molecular formula is C35H41ClN6O2. The van der Waals surface area contributed by atoms with Gasteiger partial charge < -0.3 is 20.2 Å². The highest BCUT2D eigenvalue weighted by Crippen LogP contribution is 2.31. The lowest BCUT2D eigenvalue weighted by atomic mass is 10.0. The second kappa shape index (κ2) is 13.8. The van der Waals surface area contributed by atoms with Crippen molar-refractivity contribution in [2.24, 2.45) is 0 Å². The summed E-state index contributed by atoms with van der Waals surface area (Å²) in [5.74, 6) is 0. The third-order valence-corrected chi connectivity index (χ3v) is 9.00. The van der Waals surface area contributed by atoms with Crippen LogP contribution >= 0.6 is 11.6 Å². The minimum Gasteiger partial charge on any atom is -0.390 e. The first-order chi connectivity index (χ1) is 21.4. The predicted octanol–water partition coefficient (Wildman–Crippen LogP) is 5.01. The number of aliphatic hydroxyl groups is 1. The van der Waals surface area contributed by atoms with E-state index >= 15 is 0 Å². The van der Waals surface area contributed by atoms with Crippen molar-refractivity contribution < 1.29 is 9.90 Å². The molecule has 3 aromatic carbocycles. The summed E-state index contributed by atoms with van der Waals surface area (Å²) in [6.45, 7) is 8.54. The van der Waals surface area contributed by atoms with Crippen LogP contribution in [0.4, 0.5) is 10.5 Å². The number of benzene rings is 3. The number of fused-ring (bicyclic) bond motifs is 1. The SMILES string of the molecule is Cc1ccccc1N1CCN(CC(O)Cn2nc(-c3ccc(Cl)cc3)c3c2CCN(C(=O)NCCc2ccccc2)C3)CC1. The van der Waals surface area contributed by atoms with Gasteiger partial charge in [0, 0.05) is 79.8 Å². The van der Waals surface area contributed by atoms with Crippen molar-refractivity contribution >= 4 is 23.3 Å². The van der Waals surface area contributed by atoms with Gasteiger partial charge in [0.05, 0.1) is 24.9 Å². The number of amides is 2. The van der Waals surface area contributed by atoms with Crippen LogP contribution in [0.3, 0.4) is 0 Å². The number of piperazine rings is 1. The third-order valence-electron chi connectivity index (χ3n) is 8.75. The van der Waals surface area contributed by atoms with Crippen LogP contribution in [0.15, 0.2) is 78.9 Å². The lowest BCUT2D eigenvalue weighted by Gasteiger charge is -2.37. The zero-order valence-corrected chi connectivity index (χ0v) is 26.1. The monoisotopic (exact) mass is 612 g/mol. The summed E-state index contributed by atoms with van der Waals surface area (Å²) in [5.41, 5.74) is 7.72. The summed E-state index contributed by atoms with van der Waals surface area (Å²) in [6, 6.07) is 26.3. The first-order valence-electron chi connectivity index (χ1n) is 15.6. The van der Waals surface area contributed by atoms with Crippen LogP contribution in [0.1, 0.15) is 22.4 Å². The number of carbonyl (C=O) groups is 1. The molecule has 230 valence electrons. The third kappa shape index (κ3) is 7.09. The Balaban J connectivity index is 1.11. The maximum absolute atomic E-state index is 13.2. The molecule has 1 atom stereocenters. The van der Waals surface area contributed by atoms with E-state index in [4.69, 9.17) is 16.7 Å². The number of nitrogens with one attached hydrogen (secondary N) is 1. The fourth-order valence-electron chi connectivity index (χ4n) is 6.37. The Labute approximate surface area is 264 Å². The Morgan fingerprint density at radius 1 is 0.932 bits per heavy atom. The van der Waals surface area contributed by atoms with E-state index in [0.717, 1.165) is 55.1 Å². The number of aromatic nitrogens is 2. The molecule has 2 aliphatic rings. The van der Waals surface area contributed by atoms with Crippen molar-refractivity contribution in [3.05, 3.63) is 106 Å². The van der Waals surface area contributed by atoms with Crippen LogP contribution in [0.5, 0.6) is 0 Å². The molecule has 9 heteroatoms. The molecule has 0 spiro atoms. The topological polar surface area (TPSA) is 76.9 Å². The number of para-hydroxylation sites is 1. The lowest BCUT2D eigenvalue weighted by molar-refractivity contribution is 0.0909. The van der Waals surface area contributed by atoms with Crippen LogP contribution in [-0.2, 0) is 25.9 Å². The summed E-state index contributed by atoms with van der Waals surface area (Å²) in [7, 11) is 0. The normalized spacial score (nSPS) is 16.1. The number of anilines is 1. The molecule has 4 aromatic rings. The first kappa shape index (κ1) is 30.2. The molecule has 3 heterocycles. The Bertz CT molecular complexity index is 1550. The number of β-amino-alcohol motifs (C(OH)–C–C–N with tert-alkyl or cyclic N) is 1. The number of hydrogen-bond donors (Lipinski definition) is 2. The average molecular weight is 613 g/mol. The smallest absolute Gasteiger partial charge is 0.317 e. The quantitative estimate of drug-likeness (QED) is 0.278. The number of nitrogens with zero attached hydrogens (tertiary/aromatic N) is 5. The lowest BCUT2D eigenvalue weighted by Crippen LogP contribution is -2.49. The molecule has 0 radical (unpaired) electrons. The van der Waals surface area contributed by atoms with Crippen LogP contribution in [0.2, 0.25) is 5.02 Å². The molecule has 8 nitrogen and oxygen atoms in total. The van der Waals surface area contributed by atoms with Gasteiger partial charge in [0.2, 0.25) is 0 Å². The molecule has 6 rings (SSSR count). The number of aryl methyl sites for hydroxylation is 1. The van der Waals surface area contributed by atoms with Crippen molar-refractivity contribution in [1.82, 2.24) is 24.9 Å². The Kier molecular flexibility index (Phi) is 9.50. The highest BCUT2D eigenvalue weighted by Gasteiger charge is 2.29. The van der Waals surface area contributed by atoms with Gasteiger partial charge in [-0.05, 0) is 42.7 Å². The molecule has 44 heavy (non-hydrogen) atoms. The van der Waals surface area contributed by atoms with E-state index in [1.807, 2.05) is 52.0 Å². The van der Waals surface area contributed by atoms with E-state index in [0.29, 0.717) is 44.2 Å². The summed E-state index contributed by atoms with van der Waals surface area (Å²) in [6.07, 6.45) is 0.920. The van der Waals surface area contributed by atoms with Crippen LogP contribution in [-0.4, -0.2) is 82.6 Å². The van der Waals surface area contributed by atoms with Gasteiger partial charge >= 0.3 is 6.03 Å². The number of rotatable bonds is 9. The zero-order valence-electron chi connectivity index (χ0n) is 25.3. The minimum absolute atomic E-state index is 0.0636. The second-order valence-corrected chi connectivity index (χ2v) is 12.3. The maximum atomic E-state index is 13.2. The largest absolute Gasteiger partial charge is 0.390 e. The van der Waals surface area contributed by atoms with Crippen LogP contribution in [0, 0.1) is 6.92 Å². The standard InChI is InChI=1S/C35H41ClN6O2/c1-26-7-5-6-10-32(26)40-21-19-39(20-22-40)23-30(43)24-42-33-16-18-41(35(44)37-17-15-27-8-3-2-4-9-27)25-31(33)34(38-42)28-11-13-29(36)14-12-28/h2-14,30,43H,15-25H2,1H3,(H,37,44). The summed E-state index contributed by atoms with van der Waals surface area (Å²) >= 11 is 6.19. The molecule has 2 aliphatic heterocycles. The summed E-state index contributed by atoms with van der Waals surface area (Å²) in [4.78, 5) is 19.8. The number of halogens is 1. The molecule has 2 amide bonds. The average Bonchev–Trinajstić information content (AvgIpc) is 3.39. The van der Waals surface area contributed by atoms with Gasteiger partial charge in [0.1, 0.15) is 0 Å². The molecule has 0 aliphatic carbocycles. The van der Waals surface area contributed by atoms with Crippen molar-refractivity contribution in [1.29, 1.82) is 0 Å². The van der Waals surface area contributed by atoms with Gasteiger partial charge in [0.15, 0.2) is 0 Å². The molecule has 1 saturated heterocycles. The minimum atomic E-state index is -0.554. The molecule has 0 bridgehead atoms. The van der Waals surface area contributed by atoms with E-state index < -0.39 is 6.10 Å². The Morgan fingerprint density at radius 2 is 1.66 bits per heavy atom. The Morgan fingerprint density at radius 3 is 2.41 bits per heavy atom. The number of urea groups is 1. The van der Waals surface area contributed by atoms with Gasteiger partial charge in [-0.2, -0.15) is 5.10 Å². The predicted molar refractivity (Wildman–Crippen MR) is 176 cm³/mol. The van der Waals surface area contributed by atoms with Gasteiger partial charge in [-0.25, -0.2) is 4.79 Å². The molecule has 2 N–H and O–H groups in total. The van der Waals surface area contributed by atoms with Gasteiger partial charge in [-0.3, -0.25) is 9.58 Å². The summed E-state index contributed by atoms with van der Waals surface area (Å²) < 4.78 is 1.97. The maximum Gasteiger partial charge on any atom is 0.317 e. The molecule has 1 fully saturated rings. The second-order valence-electron chi connectivity index (χ2n) is 11.8. The van der Waals surface area contributed by atoms with Gasteiger partial charge in [-0.1, -0.05) is 72.3 Å². The summed E-state index contributed by atoms with van der Waals surface area (Å²) in [5, 5.41) is 20.0. The van der Waals surface area contributed by atoms with Gasteiger partial charge in [0.25, 0.3) is 0 Å². The molecular weight excluding hydrogens is 572 g/mol. The fraction of sp³-hybridized carbons (Fsp3) is 0.371. The van der Waals surface area contributed by atoms with Crippen molar-refractivity contribution in [3.8, 4) is 11.3 Å². The first-order valence-corrected chi connectivity index (χ1v) is 15.9. The van der Waals surface area contributed by atoms with Crippen LogP contribution in [0.25, 0.3) is 11.3 Å².